The third-order valence-corrected chi connectivity index (χ3v) is 4.64. The molecule has 3 rings (SSSR count). The summed E-state index contributed by atoms with van der Waals surface area (Å²) in [4.78, 5) is 23.4. The average molecular weight is 289 g/mol. The number of hydrogen-bond donors (Lipinski definition) is 2. The molecule has 2 aliphatic carbocycles. The van der Waals surface area contributed by atoms with Gasteiger partial charge in [-0.2, -0.15) is 0 Å². The van der Waals surface area contributed by atoms with E-state index in [1.165, 1.54) is 0 Å². The van der Waals surface area contributed by atoms with Crippen LogP contribution < -0.4 is 10.1 Å². The molecule has 4 atom stereocenters. The van der Waals surface area contributed by atoms with E-state index in [1.54, 1.807) is 12.1 Å². The Morgan fingerprint density at radius 3 is 2.62 bits per heavy atom. The van der Waals surface area contributed by atoms with Crippen LogP contribution >= 0.6 is 0 Å². The summed E-state index contributed by atoms with van der Waals surface area (Å²) in [5, 5.41) is 12.2. The Labute approximate surface area is 123 Å². The van der Waals surface area contributed by atoms with E-state index in [-0.39, 0.29) is 24.5 Å². The second kappa shape index (κ2) is 5.76. The number of carbonyl (C=O) groups excluding carboxylic acids is 1. The first kappa shape index (κ1) is 13.9. The highest BCUT2D eigenvalue weighted by Crippen LogP contribution is 2.48. The molecule has 2 aliphatic rings. The van der Waals surface area contributed by atoms with E-state index < -0.39 is 11.9 Å². The van der Waals surface area contributed by atoms with Crippen molar-refractivity contribution in [1.29, 1.82) is 0 Å². The number of fused-ring (bicyclic) bond motifs is 2. The number of carbonyl (C=O) groups is 2. The molecule has 1 aromatic carbocycles. The molecule has 0 saturated heterocycles. The lowest BCUT2D eigenvalue weighted by Gasteiger charge is -2.28. The first-order chi connectivity index (χ1) is 10.1. The molecule has 21 heavy (non-hydrogen) atoms. The van der Waals surface area contributed by atoms with Crippen LogP contribution in [0.3, 0.4) is 0 Å². The van der Waals surface area contributed by atoms with Crippen molar-refractivity contribution < 1.29 is 19.4 Å². The predicted molar refractivity (Wildman–Crippen MR) is 75.8 cm³/mol. The zero-order chi connectivity index (χ0) is 14.8. The molecule has 0 radical (unpaired) electrons. The Bertz CT molecular complexity index is 530. The molecule has 0 aromatic heterocycles. The normalized spacial score (nSPS) is 30.1. The molecule has 112 valence electrons. The van der Waals surface area contributed by atoms with Gasteiger partial charge >= 0.3 is 5.97 Å². The summed E-state index contributed by atoms with van der Waals surface area (Å²) in [5.74, 6) is -0.330. The summed E-state index contributed by atoms with van der Waals surface area (Å²) >= 11 is 0. The van der Waals surface area contributed by atoms with E-state index >= 15 is 0 Å². The number of para-hydroxylation sites is 1. The molecule has 2 saturated carbocycles. The summed E-state index contributed by atoms with van der Waals surface area (Å²) in [5.41, 5.74) is 0. The average Bonchev–Trinajstić information content (AvgIpc) is 3.07. The van der Waals surface area contributed by atoms with E-state index in [0.717, 1.165) is 19.3 Å². The van der Waals surface area contributed by atoms with Gasteiger partial charge < -0.3 is 15.2 Å². The van der Waals surface area contributed by atoms with Gasteiger partial charge in [-0.05, 0) is 43.2 Å². The summed E-state index contributed by atoms with van der Waals surface area (Å²) in [6.07, 6.45) is 2.90. The minimum absolute atomic E-state index is 0.0791. The van der Waals surface area contributed by atoms with E-state index in [9.17, 15) is 14.7 Å². The minimum atomic E-state index is -0.795. The molecule has 2 N–H and O–H groups in total. The SMILES string of the molecule is O=C(COc1ccccc1)NC1C2CCC(C2)C1C(=O)O. The van der Waals surface area contributed by atoms with Gasteiger partial charge in [0, 0.05) is 6.04 Å². The van der Waals surface area contributed by atoms with Crippen LogP contribution in [0.2, 0.25) is 0 Å². The van der Waals surface area contributed by atoms with E-state index in [2.05, 4.69) is 5.32 Å². The van der Waals surface area contributed by atoms with Crippen molar-refractivity contribution in [2.45, 2.75) is 25.3 Å². The largest absolute Gasteiger partial charge is 0.484 e. The lowest BCUT2D eigenvalue weighted by Crippen LogP contribution is -2.48. The van der Waals surface area contributed by atoms with Gasteiger partial charge in [-0.25, -0.2) is 0 Å². The molecule has 4 unspecified atom stereocenters. The van der Waals surface area contributed by atoms with E-state index in [4.69, 9.17) is 4.74 Å². The number of benzene rings is 1. The highest BCUT2D eigenvalue weighted by Gasteiger charge is 2.51. The zero-order valence-corrected chi connectivity index (χ0v) is 11.7. The molecule has 1 aromatic rings. The molecule has 0 aliphatic heterocycles. The third-order valence-electron chi connectivity index (χ3n) is 4.64. The highest BCUT2D eigenvalue weighted by molar-refractivity contribution is 5.80. The first-order valence-electron chi connectivity index (χ1n) is 7.35. The maximum atomic E-state index is 12.0. The van der Waals surface area contributed by atoms with Crippen LogP contribution in [0.5, 0.6) is 5.75 Å². The van der Waals surface area contributed by atoms with Gasteiger partial charge in [0.25, 0.3) is 5.91 Å². The van der Waals surface area contributed by atoms with Gasteiger partial charge in [0.2, 0.25) is 0 Å². The molecule has 0 spiro atoms. The number of rotatable bonds is 5. The Morgan fingerprint density at radius 1 is 1.19 bits per heavy atom. The van der Waals surface area contributed by atoms with Gasteiger partial charge in [0.1, 0.15) is 5.75 Å². The second-order valence-corrected chi connectivity index (χ2v) is 5.89. The Balaban J connectivity index is 1.56. The molecule has 2 bridgehead atoms. The van der Waals surface area contributed by atoms with Gasteiger partial charge in [-0.15, -0.1) is 0 Å². The van der Waals surface area contributed by atoms with Crippen LogP contribution in [0.4, 0.5) is 0 Å². The zero-order valence-electron chi connectivity index (χ0n) is 11.7. The predicted octanol–water partition coefficient (Wildman–Crippen LogP) is 1.68. The lowest BCUT2D eigenvalue weighted by molar-refractivity contribution is -0.144. The minimum Gasteiger partial charge on any atom is -0.484 e. The molecule has 5 nitrogen and oxygen atoms in total. The first-order valence-corrected chi connectivity index (χ1v) is 7.35. The number of carboxylic acid groups (broad SMARTS) is 1. The Morgan fingerprint density at radius 2 is 1.90 bits per heavy atom. The summed E-state index contributed by atoms with van der Waals surface area (Å²) in [7, 11) is 0. The molecular weight excluding hydrogens is 270 g/mol. The molecule has 0 heterocycles. The van der Waals surface area contributed by atoms with Crippen molar-refractivity contribution in [1.82, 2.24) is 5.32 Å². The maximum absolute atomic E-state index is 12.0. The van der Waals surface area contributed by atoms with Crippen LogP contribution in [-0.4, -0.2) is 29.6 Å². The fourth-order valence-electron chi connectivity index (χ4n) is 3.75. The number of hydrogen-bond acceptors (Lipinski definition) is 3. The number of nitrogens with one attached hydrogen (secondary N) is 1. The van der Waals surface area contributed by atoms with Gasteiger partial charge in [0.05, 0.1) is 5.92 Å². The molecule has 2 fully saturated rings. The highest BCUT2D eigenvalue weighted by atomic mass is 16.5. The summed E-state index contributed by atoms with van der Waals surface area (Å²) in [6, 6.07) is 8.87. The smallest absolute Gasteiger partial charge is 0.308 e. The topological polar surface area (TPSA) is 75.6 Å². The fourth-order valence-corrected chi connectivity index (χ4v) is 3.75. The second-order valence-electron chi connectivity index (χ2n) is 5.89. The van der Waals surface area contributed by atoms with E-state index in [1.807, 2.05) is 18.2 Å². The van der Waals surface area contributed by atoms with Crippen LogP contribution in [-0.2, 0) is 9.59 Å². The van der Waals surface area contributed by atoms with Gasteiger partial charge in [-0.1, -0.05) is 18.2 Å². The van der Waals surface area contributed by atoms with Crippen molar-refractivity contribution in [2.24, 2.45) is 17.8 Å². The van der Waals surface area contributed by atoms with Crippen molar-refractivity contribution in [3.05, 3.63) is 30.3 Å². The third kappa shape index (κ3) is 2.86. The molecule has 1 amide bonds. The summed E-state index contributed by atoms with van der Waals surface area (Å²) < 4.78 is 5.39. The van der Waals surface area contributed by atoms with Crippen molar-refractivity contribution in [3.8, 4) is 5.75 Å². The number of ether oxygens (including phenoxy) is 1. The molecule has 5 heteroatoms. The fraction of sp³-hybridized carbons (Fsp3) is 0.500. The quantitative estimate of drug-likeness (QED) is 0.864. The van der Waals surface area contributed by atoms with Crippen molar-refractivity contribution in [3.63, 3.8) is 0 Å². The summed E-state index contributed by atoms with van der Waals surface area (Å²) in [6.45, 7) is -0.0791. The maximum Gasteiger partial charge on any atom is 0.308 e. The van der Waals surface area contributed by atoms with E-state index in [0.29, 0.717) is 11.7 Å². The number of carboxylic acids is 1. The van der Waals surface area contributed by atoms with Crippen molar-refractivity contribution in [2.75, 3.05) is 6.61 Å². The standard InChI is InChI=1S/C16H19NO4/c18-13(9-21-12-4-2-1-3-5-12)17-15-11-7-6-10(8-11)14(15)16(19)20/h1-5,10-11,14-15H,6-9H2,(H,17,18)(H,19,20). The Kier molecular flexibility index (Phi) is 3.82. The number of amides is 1. The van der Waals surface area contributed by atoms with Crippen LogP contribution in [0.1, 0.15) is 19.3 Å². The van der Waals surface area contributed by atoms with Crippen molar-refractivity contribution >= 4 is 11.9 Å². The Hall–Kier alpha value is -2.04. The number of aliphatic carboxylic acids is 1. The monoisotopic (exact) mass is 289 g/mol. The van der Waals surface area contributed by atoms with Crippen LogP contribution in [0, 0.1) is 17.8 Å². The van der Waals surface area contributed by atoms with Crippen LogP contribution in [0.25, 0.3) is 0 Å². The van der Waals surface area contributed by atoms with Gasteiger partial charge in [0.15, 0.2) is 6.61 Å². The molecular formula is C16H19NO4. The lowest BCUT2D eigenvalue weighted by atomic mass is 9.84. The van der Waals surface area contributed by atoms with Crippen LogP contribution in [0.15, 0.2) is 30.3 Å². The van der Waals surface area contributed by atoms with Gasteiger partial charge in [-0.3, -0.25) is 9.59 Å².